The fourth-order valence-corrected chi connectivity index (χ4v) is 1.53. The van der Waals surface area contributed by atoms with Crippen LogP contribution in [0.2, 0.25) is 0 Å². The molecule has 5 unspecified atom stereocenters. The lowest BCUT2D eigenvalue weighted by Gasteiger charge is -2.40. The summed E-state index contributed by atoms with van der Waals surface area (Å²) in [5, 5.41) is 37.8. The van der Waals surface area contributed by atoms with E-state index in [-0.39, 0.29) is 5.17 Å². The number of ether oxygens (including phenoxy) is 2. The molecule has 100 valence electrons. The van der Waals surface area contributed by atoms with Gasteiger partial charge >= 0.3 is 0 Å². The maximum atomic E-state index is 9.74. The van der Waals surface area contributed by atoms with E-state index in [1.165, 1.54) is 4.90 Å². The molecule has 0 bridgehead atoms. The van der Waals surface area contributed by atoms with Crippen molar-refractivity contribution in [2.45, 2.75) is 30.7 Å². The molecule has 1 rings (SSSR count). The zero-order valence-corrected chi connectivity index (χ0v) is 10.4. The Morgan fingerprint density at radius 3 is 2.35 bits per heavy atom. The molecule has 0 spiro atoms. The number of hydrogen-bond acceptors (Lipinski definition) is 7. The molecule has 1 heterocycles. The fraction of sp³-hybridized carbons (Fsp3) is 0.889. The first-order valence-corrected chi connectivity index (χ1v) is 5.47. The minimum atomic E-state index is -1.47. The van der Waals surface area contributed by atoms with E-state index >= 15 is 0 Å². The van der Waals surface area contributed by atoms with Crippen LogP contribution in [0.25, 0.3) is 0 Å². The normalized spacial score (nSPS) is 37.6. The highest BCUT2D eigenvalue weighted by molar-refractivity contribution is 7.80. The van der Waals surface area contributed by atoms with E-state index in [0.29, 0.717) is 0 Å². The summed E-state index contributed by atoms with van der Waals surface area (Å²) < 4.78 is 10.0. The Kier molecular flexibility index (Phi) is 5.04. The molecule has 17 heavy (non-hydrogen) atoms. The van der Waals surface area contributed by atoms with Crippen LogP contribution in [-0.4, -0.2) is 81.9 Å². The molecule has 0 radical (unpaired) electrons. The number of thiocarbonyl (C=S) groups is 1. The van der Waals surface area contributed by atoms with E-state index in [9.17, 15) is 15.3 Å². The molecule has 0 saturated carbocycles. The van der Waals surface area contributed by atoms with Crippen molar-refractivity contribution in [1.82, 2.24) is 4.90 Å². The van der Waals surface area contributed by atoms with E-state index in [1.807, 2.05) is 0 Å². The monoisotopic (exact) mass is 267 g/mol. The standard InChI is InChI=1S/C9H17NO6S/c1-10(2)9(17)16-7-6(13)5(12)4(3-11)15-8(7)14/h4-8,11-14H,3H2,1-2H3. The molecular formula is C9H17NO6S. The summed E-state index contributed by atoms with van der Waals surface area (Å²) in [5.74, 6) is 0. The van der Waals surface area contributed by atoms with Crippen molar-refractivity contribution in [2.75, 3.05) is 20.7 Å². The minimum absolute atomic E-state index is 0.0475. The molecular weight excluding hydrogens is 250 g/mol. The highest BCUT2D eigenvalue weighted by Gasteiger charge is 2.45. The van der Waals surface area contributed by atoms with Gasteiger partial charge in [-0.2, -0.15) is 0 Å². The Morgan fingerprint density at radius 2 is 1.88 bits per heavy atom. The van der Waals surface area contributed by atoms with Crippen molar-refractivity contribution < 1.29 is 29.9 Å². The van der Waals surface area contributed by atoms with Gasteiger partial charge in [-0.15, -0.1) is 0 Å². The second-order valence-corrected chi connectivity index (χ2v) is 4.32. The Morgan fingerprint density at radius 1 is 1.29 bits per heavy atom. The van der Waals surface area contributed by atoms with Crippen LogP contribution < -0.4 is 0 Å². The summed E-state index contributed by atoms with van der Waals surface area (Å²) in [4.78, 5) is 1.47. The third kappa shape index (κ3) is 3.24. The van der Waals surface area contributed by atoms with Crippen molar-refractivity contribution in [2.24, 2.45) is 0 Å². The van der Waals surface area contributed by atoms with Gasteiger partial charge < -0.3 is 34.8 Å². The molecule has 7 nitrogen and oxygen atoms in total. The van der Waals surface area contributed by atoms with Gasteiger partial charge in [0.1, 0.15) is 18.3 Å². The molecule has 1 fully saturated rings. The van der Waals surface area contributed by atoms with E-state index in [0.717, 1.165) is 0 Å². The smallest absolute Gasteiger partial charge is 0.259 e. The molecule has 1 aliphatic rings. The van der Waals surface area contributed by atoms with Gasteiger partial charge in [-0.25, -0.2) is 0 Å². The Balaban J connectivity index is 2.69. The zero-order valence-electron chi connectivity index (χ0n) is 9.55. The molecule has 8 heteroatoms. The molecule has 1 saturated heterocycles. The number of aliphatic hydroxyl groups excluding tert-OH is 4. The molecule has 0 aromatic rings. The minimum Gasteiger partial charge on any atom is -0.459 e. The van der Waals surface area contributed by atoms with Gasteiger partial charge in [-0.05, 0) is 12.2 Å². The number of hydrogen-bond donors (Lipinski definition) is 4. The summed E-state index contributed by atoms with van der Waals surface area (Å²) in [6.07, 6.45) is -6.45. The summed E-state index contributed by atoms with van der Waals surface area (Å²) in [6.45, 7) is -0.514. The van der Waals surface area contributed by atoms with Crippen LogP contribution in [0.4, 0.5) is 0 Å². The number of nitrogens with zero attached hydrogens (tertiary/aromatic N) is 1. The molecule has 5 atom stereocenters. The predicted octanol–water partition coefficient (Wildman–Crippen LogP) is -2.35. The van der Waals surface area contributed by atoms with E-state index in [4.69, 9.17) is 26.8 Å². The average Bonchev–Trinajstić information content (AvgIpc) is 2.28. The van der Waals surface area contributed by atoms with Gasteiger partial charge in [0.2, 0.25) is 0 Å². The lowest BCUT2D eigenvalue weighted by molar-refractivity contribution is -0.283. The van der Waals surface area contributed by atoms with Crippen LogP contribution >= 0.6 is 12.2 Å². The van der Waals surface area contributed by atoms with Crippen molar-refractivity contribution >= 4 is 17.4 Å². The number of rotatable bonds is 2. The lowest BCUT2D eigenvalue weighted by atomic mass is 9.99. The zero-order chi connectivity index (χ0) is 13.2. The van der Waals surface area contributed by atoms with Crippen LogP contribution in [0.3, 0.4) is 0 Å². The predicted molar refractivity (Wildman–Crippen MR) is 61.1 cm³/mol. The quantitative estimate of drug-likeness (QED) is 0.412. The van der Waals surface area contributed by atoms with Crippen LogP contribution in [0.5, 0.6) is 0 Å². The third-order valence-electron chi connectivity index (χ3n) is 2.44. The van der Waals surface area contributed by atoms with Gasteiger partial charge in [-0.1, -0.05) is 0 Å². The largest absolute Gasteiger partial charge is 0.459 e. The summed E-state index contributed by atoms with van der Waals surface area (Å²) in [5.41, 5.74) is 0. The number of aliphatic hydroxyl groups is 4. The molecule has 0 aromatic heterocycles. The summed E-state index contributed by atoms with van der Waals surface area (Å²) in [6, 6.07) is 0. The lowest BCUT2D eigenvalue weighted by Crippen LogP contribution is -2.60. The first-order valence-electron chi connectivity index (χ1n) is 5.07. The van der Waals surface area contributed by atoms with E-state index in [2.05, 4.69) is 0 Å². The fourth-order valence-electron chi connectivity index (χ4n) is 1.42. The Labute approximate surface area is 104 Å². The maximum absolute atomic E-state index is 9.74. The van der Waals surface area contributed by atoms with Gasteiger partial charge in [0.05, 0.1) is 6.61 Å². The Hall–Kier alpha value is -0.510. The highest BCUT2D eigenvalue weighted by Crippen LogP contribution is 2.22. The van der Waals surface area contributed by atoms with E-state index in [1.54, 1.807) is 14.1 Å². The van der Waals surface area contributed by atoms with Gasteiger partial charge in [0.25, 0.3) is 5.17 Å². The Bertz CT molecular complexity index is 276. The maximum Gasteiger partial charge on any atom is 0.259 e. The SMILES string of the molecule is CN(C)C(=S)OC1C(O)OC(CO)C(O)C1O. The summed E-state index contributed by atoms with van der Waals surface area (Å²) in [7, 11) is 3.27. The van der Waals surface area contributed by atoms with Gasteiger partial charge in [0, 0.05) is 14.1 Å². The third-order valence-corrected chi connectivity index (χ3v) is 2.91. The average molecular weight is 267 g/mol. The van der Waals surface area contributed by atoms with Gasteiger partial charge in [0.15, 0.2) is 12.4 Å². The van der Waals surface area contributed by atoms with Crippen LogP contribution in [0.15, 0.2) is 0 Å². The summed E-state index contributed by atoms with van der Waals surface area (Å²) >= 11 is 4.86. The molecule has 4 N–H and O–H groups in total. The van der Waals surface area contributed by atoms with Crippen molar-refractivity contribution in [3.05, 3.63) is 0 Å². The van der Waals surface area contributed by atoms with Crippen LogP contribution in [-0.2, 0) is 9.47 Å². The van der Waals surface area contributed by atoms with Crippen LogP contribution in [0.1, 0.15) is 0 Å². The molecule has 0 amide bonds. The molecule has 0 aromatic carbocycles. The molecule has 0 aliphatic carbocycles. The highest BCUT2D eigenvalue weighted by atomic mass is 32.1. The van der Waals surface area contributed by atoms with E-state index < -0.39 is 37.3 Å². The second-order valence-electron chi connectivity index (χ2n) is 3.97. The van der Waals surface area contributed by atoms with Gasteiger partial charge in [-0.3, -0.25) is 0 Å². The van der Waals surface area contributed by atoms with Crippen molar-refractivity contribution in [1.29, 1.82) is 0 Å². The first kappa shape index (κ1) is 14.6. The topological polar surface area (TPSA) is 103 Å². The first-order chi connectivity index (χ1) is 7.88. The molecule has 1 aliphatic heterocycles. The van der Waals surface area contributed by atoms with Crippen molar-refractivity contribution in [3.8, 4) is 0 Å². The second kappa shape index (κ2) is 5.89. The van der Waals surface area contributed by atoms with Crippen LogP contribution in [0, 0.1) is 0 Å². The van der Waals surface area contributed by atoms with Crippen molar-refractivity contribution in [3.63, 3.8) is 0 Å².